The van der Waals surface area contributed by atoms with E-state index in [1.165, 1.54) is 12.8 Å². The maximum atomic E-state index is 6.81. The van der Waals surface area contributed by atoms with Gasteiger partial charge >= 0.3 is 7.12 Å². The minimum Gasteiger partial charge on any atom is -0.404 e. The predicted octanol–water partition coefficient (Wildman–Crippen LogP) is 4.99. The van der Waals surface area contributed by atoms with Gasteiger partial charge in [0.1, 0.15) is 16.5 Å². The van der Waals surface area contributed by atoms with Crippen LogP contribution in [0.5, 0.6) is 0 Å². The smallest absolute Gasteiger partial charge is 0.404 e. The standard InChI is InChI=1S/C18H37BBrNO2Si2/c1-17(2)13-10-14(17)18(3)15(11-13)22-19(23-18)16(12-20)21(24(4,5)6)25(7,8)9/h13-16H,10-12H2,1-9H3/t13?,14?,15?,16?,18-/m0/s1. The monoisotopic (exact) mass is 445 g/mol. The Labute approximate surface area is 166 Å². The highest BCUT2D eigenvalue weighted by molar-refractivity contribution is 9.09. The molecule has 5 atom stereocenters. The lowest BCUT2D eigenvalue weighted by atomic mass is 9.43. The molecule has 3 nitrogen and oxygen atoms in total. The lowest BCUT2D eigenvalue weighted by molar-refractivity contribution is -0.199. The summed E-state index contributed by atoms with van der Waals surface area (Å²) in [6, 6.07) is 0. The van der Waals surface area contributed by atoms with Crippen LogP contribution in [0.15, 0.2) is 0 Å². The van der Waals surface area contributed by atoms with Crippen molar-refractivity contribution in [2.75, 3.05) is 5.33 Å². The normalized spacial score (nSPS) is 38.5. The largest absolute Gasteiger partial charge is 0.475 e. The first kappa shape index (κ1) is 20.6. The van der Waals surface area contributed by atoms with Gasteiger partial charge in [0.2, 0.25) is 0 Å². The summed E-state index contributed by atoms with van der Waals surface area (Å²) in [6.45, 7) is 22.0. The molecule has 1 saturated heterocycles. The molecule has 0 aromatic carbocycles. The van der Waals surface area contributed by atoms with Crippen LogP contribution in [0.25, 0.3) is 0 Å². The van der Waals surface area contributed by atoms with Crippen LogP contribution in [0.3, 0.4) is 0 Å². The highest BCUT2D eigenvalue weighted by Crippen LogP contribution is 2.65. The zero-order valence-electron chi connectivity index (χ0n) is 17.6. The first-order valence-corrected chi connectivity index (χ1v) is 17.9. The first-order chi connectivity index (χ1) is 11.2. The molecule has 1 heterocycles. The van der Waals surface area contributed by atoms with Gasteiger partial charge < -0.3 is 13.5 Å². The number of rotatable bonds is 5. The van der Waals surface area contributed by atoms with Crippen molar-refractivity contribution in [3.8, 4) is 0 Å². The molecule has 4 fully saturated rings. The summed E-state index contributed by atoms with van der Waals surface area (Å²) in [4.78, 5) is 0. The van der Waals surface area contributed by atoms with E-state index in [4.69, 9.17) is 9.31 Å². The van der Waals surface area contributed by atoms with Gasteiger partial charge in [-0.3, -0.25) is 0 Å². The first-order valence-electron chi connectivity index (χ1n) is 9.91. The zero-order valence-corrected chi connectivity index (χ0v) is 21.2. The average Bonchev–Trinajstić information content (AvgIpc) is 2.77. The van der Waals surface area contributed by atoms with Gasteiger partial charge in [0.25, 0.3) is 0 Å². The molecule has 0 radical (unpaired) electrons. The molecule has 0 amide bonds. The number of nitrogens with zero attached hydrogens (tertiary/aromatic N) is 1. The third-order valence-electron chi connectivity index (χ3n) is 7.22. The quantitative estimate of drug-likeness (QED) is 0.439. The van der Waals surface area contributed by atoms with Crippen LogP contribution in [-0.4, -0.2) is 50.8 Å². The van der Waals surface area contributed by atoms with E-state index in [0.717, 1.165) is 11.2 Å². The topological polar surface area (TPSA) is 21.7 Å². The lowest BCUT2D eigenvalue weighted by Crippen LogP contribution is -2.68. The number of alkyl halides is 1. The van der Waals surface area contributed by atoms with Crippen molar-refractivity contribution in [1.82, 2.24) is 4.23 Å². The second-order valence-electron chi connectivity index (χ2n) is 11.3. The van der Waals surface area contributed by atoms with E-state index < -0.39 is 16.5 Å². The minimum atomic E-state index is -1.48. The molecule has 0 aromatic heterocycles. The van der Waals surface area contributed by atoms with E-state index in [0.29, 0.717) is 17.3 Å². The second-order valence-corrected chi connectivity index (χ2v) is 22.0. The number of hydrogen-bond donors (Lipinski definition) is 0. The molecule has 0 N–H and O–H groups in total. The fraction of sp³-hybridized carbons (Fsp3) is 1.00. The van der Waals surface area contributed by atoms with Crippen molar-refractivity contribution in [1.29, 1.82) is 0 Å². The zero-order chi connectivity index (χ0) is 19.0. The molecule has 3 saturated carbocycles. The Hall–Kier alpha value is 0.859. The van der Waals surface area contributed by atoms with Crippen LogP contribution >= 0.6 is 15.9 Å². The third-order valence-corrected chi connectivity index (χ3v) is 15.5. The van der Waals surface area contributed by atoms with Crippen LogP contribution < -0.4 is 0 Å². The molecule has 7 heteroatoms. The van der Waals surface area contributed by atoms with Crippen LogP contribution in [0.4, 0.5) is 0 Å². The Morgan fingerprint density at radius 3 is 2.08 bits per heavy atom. The van der Waals surface area contributed by atoms with Crippen molar-refractivity contribution in [3.63, 3.8) is 0 Å². The molecule has 4 aliphatic rings. The van der Waals surface area contributed by atoms with E-state index in [2.05, 4.69) is 80.2 Å². The Kier molecular flexibility index (Phi) is 5.09. The molecule has 144 valence electrons. The fourth-order valence-electron chi connectivity index (χ4n) is 6.33. The molecule has 4 rings (SSSR count). The number of hydrogen-bond acceptors (Lipinski definition) is 3. The Morgan fingerprint density at radius 1 is 1.08 bits per heavy atom. The molecular weight excluding hydrogens is 409 g/mol. The van der Waals surface area contributed by atoms with E-state index >= 15 is 0 Å². The molecule has 0 spiro atoms. The lowest BCUT2D eigenvalue weighted by Gasteiger charge is -2.64. The highest BCUT2D eigenvalue weighted by atomic mass is 79.9. The van der Waals surface area contributed by atoms with Crippen LogP contribution in [0, 0.1) is 17.3 Å². The van der Waals surface area contributed by atoms with Gasteiger partial charge in [0.05, 0.1) is 11.7 Å². The summed E-state index contributed by atoms with van der Waals surface area (Å²) in [6.07, 6.45) is 2.77. The van der Waals surface area contributed by atoms with E-state index in [1.807, 2.05) is 0 Å². The van der Waals surface area contributed by atoms with Gasteiger partial charge in [-0.05, 0) is 37.0 Å². The van der Waals surface area contributed by atoms with Gasteiger partial charge in [-0.15, -0.1) is 0 Å². The summed E-state index contributed by atoms with van der Waals surface area (Å²) >= 11 is 3.82. The summed E-state index contributed by atoms with van der Waals surface area (Å²) in [7, 11) is -3.05. The summed E-state index contributed by atoms with van der Waals surface area (Å²) in [5, 5.41) is 0.923. The van der Waals surface area contributed by atoms with Crippen LogP contribution in [0.2, 0.25) is 39.3 Å². The van der Waals surface area contributed by atoms with Crippen molar-refractivity contribution in [3.05, 3.63) is 0 Å². The summed E-state index contributed by atoms with van der Waals surface area (Å²) in [5.41, 5.74) is 0.304. The Morgan fingerprint density at radius 2 is 1.64 bits per heavy atom. The maximum Gasteiger partial charge on any atom is 0.475 e. The third kappa shape index (κ3) is 3.19. The van der Waals surface area contributed by atoms with Crippen molar-refractivity contribution >= 4 is 39.5 Å². The maximum absolute atomic E-state index is 6.81. The van der Waals surface area contributed by atoms with Gasteiger partial charge in [-0.25, -0.2) is 0 Å². The average molecular weight is 446 g/mol. The summed E-state index contributed by atoms with van der Waals surface area (Å²) < 4.78 is 16.3. The number of halogens is 1. The predicted molar refractivity (Wildman–Crippen MR) is 116 cm³/mol. The van der Waals surface area contributed by atoms with Crippen LogP contribution in [-0.2, 0) is 9.31 Å². The minimum absolute atomic E-state index is 0.0945. The van der Waals surface area contributed by atoms with Gasteiger partial charge in [0.15, 0.2) is 0 Å². The van der Waals surface area contributed by atoms with Gasteiger partial charge in [0, 0.05) is 11.3 Å². The molecule has 25 heavy (non-hydrogen) atoms. The SMILES string of the molecule is CC1(C)C2CC3OB(C(CBr)N([Si](C)(C)C)[Si](C)(C)C)O[C@@]3(C)C1C2. The van der Waals surface area contributed by atoms with Gasteiger partial charge in [-0.2, -0.15) is 0 Å². The summed E-state index contributed by atoms with van der Waals surface area (Å²) in [5.74, 6) is 1.77. The van der Waals surface area contributed by atoms with E-state index in [1.54, 1.807) is 0 Å². The van der Waals surface area contributed by atoms with Crippen molar-refractivity contribution in [2.45, 2.75) is 90.5 Å². The molecule has 4 unspecified atom stereocenters. The van der Waals surface area contributed by atoms with Crippen molar-refractivity contribution < 1.29 is 9.31 Å². The Bertz CT molecular complexity index is 522. The molecule has 0 aromatic rings. The molecule has 3 aliphatic carbocycles. The van der Waals surface area contributed by atoms with Crippen molar-refractivity contribution in [2.24, 2.45) is 17.3 Å². The van der Waals surface area contributed by atoms with E-state index in [9.17, 15) is 0 Å². The molecule has 1 aliphatic heterocycles. The van der Waals surface area contributed by atoms with Gasteiger partial charge in [-0.1, -0.05) is 69.1 Å². The molecule has 2 bridgehead atoms. The highest BCUT2D eigenvalue weighted by Gasteiger charge is 2.69. The Balaban J connectivity index is 1.87. The van der Waals surface area contributed by atoms with Crippen LogP contribution in [0.1, 0.15) is 33.6 Å². The fourth-order valence-corrected chi connectivity index (χ4v) is 17.9. The molecular formula is C18H37BBrNO2Si2. The van der Waals surface area contributed by atoms with E-state index in [-0.39, 0.29) is 18.8 Å². The second kappa shape index (κ2) is 6.18.